The van der Waals surface area contributed by atoms with E-state index in [2.05, 4.69) is 4.74 Å². The van der Waals surface area contributed by atoms with Crippen molar-refractivity contribution in [3.8, 4) is 0 Å². The number of ether oxygens (including phenoxy) is 1. The average Bonchev–Trinajstić information content (AvgIpc) is 2.63. The topological polar surface area (TPSA) is 110 Å². The van der Waals surface area contributed by atoms with Crippen LogP contribution in [0.2, 0.25) is 0 Å². The van der Waals surface area contributed by atoms with Gasteiger partial charge in [-0.2, -0.15) is 0 Å². The highest BCUT2D eigenvalue weighted by atomic mass is 16.5. The predicted octanol–water partition coefficient (Wildman–Crippen LogP) is -1.78. The lowest BCUT2D eigenvalue weighted by Gasteiger charge is -2.04. The van der Waals surface area contributed by atoms with E-state index < -0.39 is 23.9 Å². The monoisotopic (exact) mass is 252 g/mol. The number of fused-ring (bicyclic) bond motifs is 1. The summed E-state index contributed by atoms with van der Waals surface area (Å²) >= 11 is 0. The summed E-state index contributed by atoms with van der Waals surface area (Å²) in [6.07, 6.45) is 0.362. The highest BCUT2D eigenvalue weighted by Gasteiger charge is 2.52. The maximum Gasteiger partial charge on any atom is 0.303 e. The summed E-state index contributed by atoms with van der Waals surface area (Å²) in [5.74, 6) is -1.78. The summed E-state index contributed by atoms with van der Waals surface area (Å²) < 4.78 is 4.52. The molecule has 3 rings (SSSR count). The van der Waals surface area contributed by atoms with Gasteiger partial charge in [0.2, 0.25) is 5.91 Å². The normalized spacial score (nSPS) is 23.3. The number of carbonyl (C=O) groups excluding carboxylic acids is 5. The Labute approximate surface area is 101 Å². The fourth-order valence-corrected chi connectivity index (χ4v) is 1.45. The van der Waals surface area contributed by atoms with Crippen LogP contribution >= 0.6 is 0 Å². The summed E-state index contributed by atoms with van der Waals surface area (Å²) in [5.41, 5.74) is 0.574. The minimum Gasteiger partial charge on any atom is -0.452 e. The molecule has 1 atom stereocenters. The first kappa shape index (κ1) is 12.0. The molecular weight excluding hydrogens is 244 g/mol. The molecule has 3 aliphatic rings. The lowest BCUT2D eigenvalue weighted by atomic mass is 10.3. The van der Waals surface area contributed by atoms with Crippen molar-refractivity contribution in [1.29, 1.82) is 0 Å². The van der Waals surface area contributed by atoms with E-state index in [0.717, 1.165) is 4.90 Å². The molecule has 0 radical (unpaired) electrons. The Balaban J connectivity index is 0.000000146. The molecule has 3 aliphatic heterocycles. The molecule has 8 nitrogen and oxygen atoms in total. The third-order valence-electron chi connectivity index (χ3n) is 2.33. The van der Waals surface area contributed by atoms with Gasteiger partial charge in [0, 0.05) is 13.0 Å². The smallest absolute Gasteiger partial charge is 0.303 e. The molecule has 94 valence electrons. The fourth-order valence-electron chi connectivity index (χ4n) is 1.45. The van der Waals surface area contributed by atoms with E-state index in [1.807, 2.05) is 5.32 Å². The first-order valence-electron chi connectivity index (χ1n) is 5.01. The number of amides is 4. The zero-order valence-corrected chi connectivity index (χ0v) is 9.26. The standard InChI is InChI=1S/C6H7NO4.C4HNO2/c1-3(8)11-4-2-5(9)7-6(4)10;6-3-1-2-4(7)5(2)3/h4H,2H2,1H3,(H,7,9,10);1H. The Kier molecular flexibility index (Phi) is 2.70. The molecule has 0 aromatic heterocycles. The molecule has 2 saturated heterocycles. The highest BCUT2D eigenvalue weighted by Crippen LogP contribution is 2.33. The van der Waals surface area contributed by atoms with Crippen molar-refractivity contribution in [1.82, 2.24) is 10.2 Å². The molecule has 4 amide bonds. The van der Waals surface area contributed by atoms with Crippen LogP contribution in [0, 0.1) is 0 Å². The van der Waals surface area contributed by atoms with Gasteiger partial charge in [-0.1, -0.05) is 0 Å². The van der Waals surface area contributed by atoms with Crippen LogP contribution in [0.5, 0.6) is 0 Å². The summed E-state index contributed by atoms with van der Waals surface area (Å²) in [7, 11) is 0. The average molecular weight is 252 g/mol. The van der Waals surface area contributed by atoms with Crippen molar-refractivity contribution in [2.45, 2.75) is 19.4 Å². The minimum atomic E-state index is -0.917. The molecule has 0 saturated carbocycles. The van der Waals surface area contributed by atoms with Gasteiger partial charge in [0.25, 0.3) is 17.7 Å². The third kappa shape index (κ3) is 2.12. The van der Waals surface area contributed by atoms with Crippen LogP contribution in [0.4, 0.5) is 0 Å². The molecule has 0 aliphatic carbocycles. The van der Waals surface area contributed by atoms with Gasteiger partial charge < -0.3 is 4.74 Å². The van der Waals surface area contributed by atoms with E-state index in [0.29, 0.717) is 5.70 Å². The molecule has 2 fully saturated rings. The number of hydrogen-bond acceptors (Lipinski definition) is 6. The van der Waals surface area contributed by atoms with E-state index >= 15 is 0 Å². The van der Waals surface area contributed by atoms with Crippen LogP contribution in [-0.2, 0) is 28.7 Å². The number of hydrogen-bond donors (Lipinski definition) is 1. The quantitative estimate of drug-likeness (QED) is 0.335. The SMILES string of the molecule is CC(=O)OC1CC(=O)NC1=O.O=C1C=C2C(=O)N12. The second-order valence-corrected chi connectivity index (χ2v) is 3.72. The Morgan fingerprint density at radius 3 is 2.28 bits per heavy atom. The lowest BCUT2D eigenvalue weighted by Crippen LogP contribution is -2.27. The highest BCUT2D eigenvalue weighted by molar-refractivity contribution is 6.32. The molecule has 3 heterocycles. The van der Waals surface area contributed by atoms with Crippen LogP contribution in [0.25, 0.3) is 0 Å². The summed E-state index contributed by atoms with van der Waals surface area (Å²) in [4.78, 5) is 52.9. The Bertz CT molecular complexity index is 512. The summed E-state index contributed by atoms with van der Waals surface area (Å²) in [6, 6.07) is 0. The molecular formula is C10H8N2O6. The van der Waals surface area contributed by atoms with E-state index in [4.69, 9.17) is 0 Å². The molecule has 1 unspecified atom stereocenters. The van der Waals surface area contributed by atoms with Gasteiger partial charge in [0.15, 0.2) is 6.10 Å². The first-order valence-corrected chi connectivity index (χ1v) is 5.01. The fraction of sp³-hybridized carbons (Fsp3) is 0.300. The van der Waals surface area contributed by atoms with Crippen molar-refractivity contribution in [3.05, 3.63) is 11.8 Å². The van der Waals surface area contributed by atoms with E-state index in [1.54, 1.807) is 0 Å². The van der Waals surface area contributed by atoms with Crippen molar-refractivity contribution >= 4 is 29.6 Å². The largest absolute Gasteiger partial charge is 0.452 e. The van der Waals surface area contributed by atoms with Crippen molar-refractivity contribution in [3.63, 3.8) is 0 Å². The Morgan fingerprint density at radius 1 is 1.39 bits per heavy atom. The predicted molar refractivity (Wildman–Crippen MR) is 53.3 cm³/mol. The number of nitrogens with zero attached hydrogens (tertiary/aromatic N) is 1. The van der Waals surface area contributed by atoms with Crippen LogP contribution < -0.4 is 5.32 Å². The molecule has 0 aromatic carbocycles. The van der Waals surface area contributed by atoms with Crippen LogP contribution in [-0.4, -0.2) is 40.6 Å². The molecule has 18 heavy (non-hydrogen) atoms. The van der Waals surface area contributed by atoms with Gasteiger partial charge in [-0.15, -0.1) is 0 Å². The van der Waals surface area contributed by atoms with Gasteiger partial charge in [0.05, 0.1) is 6.42 Å². The molecule has 0 spiro atoms. The molecule has 8 heteroatoms. The van der Waals surface area contributed by atoms with E-state index in [9.17, 15) is 24.0 Å². The zero-order valence-electron chi connectivity index (χ0n) is 9.26. The maximum atomic E-state index is 10.7. The Hall–Kier alpha value is -2.51. The third-order valence-corrected chi connectivity index (χ3v) is 2.33. The van der Waals surface area contributed by atoms with Crippen LogP contribution in [0.15, 0.2) is 11.8 Å². The number of carbonyl (C=O) groups is 5. The lowest BCUT2D eigenvalue weighted by molar-refractivity contribution is -0.151. The number of rotatable bonds is 1. The molecule has 1 N–H and O–H groups in total. The number of imide groups is 2. The molecule has 0 aromatic rings. The summed E-state index contributed by atoms with van der Waals surface area (Å²) in [5, 5.41) is 2.02. The van der Waals surface area contributed by atoms with Gasteiger partial charge >= 0.3 is 5.97 Å². The minimum absolute atomic E-state index is 0.0571. The van der Waals surface area contributed by atoms with Crippen LogP contribution in [0.1, 0.15) is 13.3 Å². The van der Waals surface area contributed by atoms with Gasteiger partial charge in [0.1, 0.15) is 5.70 Å². The van der Waals surface area contributed by atoms with Gasteiger partial charge in [-0.3, -0.25) is 29.3 Å². The Morgan fingerprint density at radius 2 is 2.06 bits per heavy atom. The second kappa shape index (κ2) is 4.06. The van der Waals surface area contributed by atoms with Gasteiger partial charge in [-0.05, 0) is 0 Å². The maximum absolute atomic E-state index is 10.7. The van der Waals surface area contributed by atoms with Crippen molar-refractivity contribution in [2.75, 3.05) is 0 Å². The van der Waals surface area contributed by atoms with E-state index in [1.165, 1.54) is 13.0 Å². The summed E-state index contributed by atoms with van der Waals surface area (Å²) in [6.45, 7) is 1.19. The zero-order chi connectivity index (χ0) is 13.4. The number of nitrogens with one attached hydrogen (secondary N) is 1. The van der Waals surface area contributed by atoms with E-state index in [-0.39, 0.29) is 18.2 Å². The van der Waals surface area contributed by atoms with Crippen LogP contribution in [0.3, 0.4) is 0 Å². The van der Waals surface area contributed by atoms with Crippen molar-refractivity contribution in [2.24, 2.45) is 0 Å². The first-order chi connectivity index (χ1) is 8.40. The van der Waals surface area contributed by atoms with Crippen molar-refractivity contribution < 1.29 is 28.7 Å². The van der Waals surface area contributed by atoms with Gasteiger partial charge in [-0.25, -0.2) is 4.90 Å². The second-order valence-electron chi connectivity index (χ2n) is 3.72. The number of esters is 1. The molecule has 0 bridgehead atoms.